The van der Waals surface area contributed by atoms with Crippen molar-refractivity contribution in [3.63, 3.8) is 0 Å². The molecule has 1 fully saturated rings. The van der Waals surface area contributed by atoms with Gasteiger partial charge in [-0.3, -0.25) is 0 Å². The van der Waals surface area contributed by atoms with Crippen LogP contribution in [0.4, 0.5) is 0 Å². The molecule has 0 aromatic carbocycles. The van der Waals surface area contributed by atoms with Crippen molar-refractivity contribution in [1.29, 1.82) is 0 Å². The van der Waals surface area contributed by atoms with Crippen molar-refractivity contribution in [3.8, 4) is 0 Å². The standard InChI is InChI=1S/C10H12Cl2S/c1-7(11)10(4-5-10)6-8-2-3-9(12)13-8/h2-3,7H,4-6H2,1H3. The fourth-order valence-corrected chi connectivity index (χ4v) is 3.21. The Labute approximate surface area is 92.9 Å². The van der Waals surface area contributed by atoms with Gasteiger partial charge in [0.2, 0.25) is 0 Å². The molecule has 3 heteroatoms. The average Bonchev–Trinajstić information content (AvgIpc) is 2.72. The number of alkyl halides is 1. The van der Waals surface area contributed by atoms with Crippen LogP contribution in [0, 0.1) is 5.41 Å². The third-order valence-electron chi connectivity index (χ3n) is 2.89. The Kier molecular flexibility index (Phi) is 2.61. The first-order chi connectivity index (χ1) is 6.12. The zero-order chi connectivity index (χ0) is 9.47. The van der Waals surface area contributed by atoms with Crippen LogP contribution >= 0.6 is 34.5 Å². The Bertz CT molecular complexity index is 300. The summed E-state index contributed by atoms with van der Waals surface area (Å²) >= 11 is 13.7. The van der Waals surface area contributed by atoms with Crippen molar-refractivity contribution in [2.75, 3.05) is 0 Å². The quantitative estimate of drug-likeness (QED) is 0.683. The van der Waals surface area contributed by atoms with Gasteiger partial charge >= 0.3 is 0 Å². The van der Waals surface area contributed by atoms with Gasteiger partial charge in [0.05, 0.1) is 4.34 Å². The smallest absolute Gasteiger partial charge is 0.0931 e. The molecule has 0 aliphatic heterocycles. The molecule has 1 aromatic heterocycles. The van der Waals surface area contributed by atoms with E-state index in [0.29, 0.717) is 5.41 Å². The highest BCUT2D eigenvalue weighted by molar-refractivity contribution is 7.16. The number of halogens is 2. The second-order valence-electron chi connectivity index (χ2n) is 3.86. The van der Waals surface area contributed by atoms with E-state index in [9.17, 15) is 0 Å². The summed E-state index contributed by atoms with van der Waals surface area (Å²) in [5, 5.41) is 0.286. The second-order valence-corrected chi connectivity index (χ2v) is 6.32. The van der Waals surface area contributed by atoms with Gasteiger partial charge in [0, 0.05) is 10.3 Å². The molecule has 72 valence electrons. The predicted octanol–water partition coefficient (Wildman–Crippen LogP) is 4.35. The van der Waals surface area contributed by atoms with Crippen molar-refractivity contribution in [3.05, 3.63) is 21.3 Å². The minimum absolute atomic E-state index is 0.286. The van der Waals surface area contributed by atoms with E-state index in [4.69, 9.17) is 23.2 Å². The molecule has 0 nitrogen and oxygen atoms in total. The van der Waals surface area contributed by atoms with Crippen molar-refractivity contribution in [1.82, 2.24) is 0 Å². The SMILES string of the molecule is CC(Cl)C1(Cc2ccc(Cl)s2)CC1. The Hall–Kier alpha value is 0.280. The van der Waals surface area contributed by atoms with Crippen molar-refractivity contribution < 1.29 is 0 Å². The van der Waals surface area contributed by atoms with Crippen LogP contribution in [0.3, 0.4) is 0 Å². The van der Waals surface area contributed by atoms with Gasteiger partial charge in [0.25, 0.3) is 0 Å². The van der Waals surface area contributed by atoms with E-state index >= 15 is 0 Å². The summed E-state index contributed by atoms with van der Waals surface area (Å²) in [5.74, 6) is 0. The zero-order valence-electron chi connectivity index (χ0n) is 7.52. The molecule has 0 bridgehead atoms. The average molecular weight is 235 g/mol. The summed E-state index contributed by atoms with van der Waals surface area (Å²) in [6.45, 7) is 2.10. The Morgan fingerprint density at radius 1 is 1.54 bits per heavy atom. The molecule has 1 aliphatic carbocycles. The topological polar surface area (TPSA) is 0 Å². The summed E-state index contributed by atoms with van der Waals surface area (Å²) < 4.78 is 0.882. The molecule has 0 radical (unpaired) electrons. The maximum atomic E-state index is 6.16. The van der Waals surface area contributed by atoms with Crippen molar-refractivity contribution >= 4 is 34.5 Å². The van der Waals surface area contributed by atoms with Crippen molar-refractivity contribution in [2.45, 2.75) is 31.6 Å². The third kappa shape index (κ3) is 2.03. The number of rotatable bonds is 3. The Morgan fingerprint density at radius 3 is 2.62 bits per heavy atom. The fourth-order valence-electron chi connectivity index (χ4n) is 1.67. The lowest BCUT2D eigenvalue weighted by atomic mass is 9.98. The molecule has 1 saturated carbocycles. The van der Waals surface area contributed by atoms with E-state index in [1.165, 1.54) is 17.7 Å². The first kappa shape index (κ1) is 9.82. The summed E-state index contributed by atoms with van der Waals surface area (Å²) in [6, 6.07) is 4.09. The lowest BCUT2D eigenvalue weighted by Gasteiger charge is -2.16. The Morgan fingerprint density at radius 2 is 2.23 bits per heavy atom. The van der Waals surface area contributed by atoms with E-state index in [0.717, 1.165) is 10.8 Å². The summed E-state index contributed by atoms with van der Waals surface area (Å²) in [7, 11) is 0. The van der Waals surface area contributed by atoms with Gasteiger partial charge in [-0.15, -0.1) is 22.9 Å². The molecule has 1 heterocycles. The molecule has 0 N–H and O–H groups in total. The van der Waals surface area contributed by atoms with Crippen LogP contribution in [0.1, 0.15) is 24.6 Å². The minimum atomic E-state index is 0.286. The highest BCUT2D eigenvalue weighted by atomic mass is 35.5. The molecule has 1 atom stereocenters. The largest absolute Gasteiger partial charge is 0.128 e. The van der Waals surface area contributed by atoms with Gasteiger partial charge in [-0.1, -0.05) is 11.6 Å². The van der Waals surface area contributed by atoms with Gasteiger partial charge in [-0.05, 0) is 43.7 Å². The van der Waals surface area contributed by atoms with Crippen LogP contribution in [0.2, 0.25) is 4.34 Å². The molecule has 0 saturated heterocycles. The first-order valence-corrected chi connectivity index (χ1v) is 6.14. The van der Waals surface area contributed by atoms with Crippen LogP contribution < -0.4 is 0 Å². The lowest BCUT2D eigenvalue weighted by molar-refractivity contribution is 0.501. The van der Waals surface area contributed by atoms with Gasteiger partial charge in [-0.25, -0.2) is 0 Å². The minimum Gasteiger partial charge on any atom is -0.128 e. The Balaban J connectivity index is 2.06. The maximum absolute atomic E-state index is 6.16. The van der Waals surface area contributed by atoms with E-state index < -0.39 is 0 Å². The molecule has 1 unspecified atom stereocenters. The van der Waals surface area contributed by atoms with E-state index in [1.807, 2.05) is 6.07 Å². The molecule has 0 spiro atoms. The monoisotopic (exact) mass is 234 g/mol. The predicted molar refractivity (Wildman–Crippen MR) is 60.0 cm³/mol. The summed E-state index contributed by atoms with van der Waals surface area (Å²) in [5.41, 5.74) is 0.385. The van der Waals surface area contributed by atoms with Crippen LogP contribution in [0.15, 0.2) is 12.1 Å². The van der Waals surface area contributed by atoms with Gasteiger partial charge in [0.15, 0.2) is 0 Å². The maximum Gasteiger partial charge on any atom is 0.0931 e. The number of hydrogen-bond donors (Lipinski definition) is 0. The van der Waals surface area contributed by atoms with Crippen LogP contribution in [0.25, 0.3) is 0 Å². The fraction of sp³-hybridized carbons (Fsp3) is 0.600. The molecule has 0 amide bonds. The molecule has 1 aliphatic rings. The van der Waals surface area contributed by atoms with E-state index in [2.05, 4.69) is 13.0 Å². The number of thiophene rings is 1. The van der Waals surface area contributed by atoms with Crippen molar-refractivity contribution in [2.24, 2.45) is 5.41 Å². The van der Waals surface area contributed by atoms with Gasteiger partial charge in [-0.2, -0.15) is 0 Å². The second kappa shape index (κ2) is 3.45. The molecular weight excluding hydrogens is 223 g/mol. The van der Waals surface area contributed by atoms with Gasteiger partial charge < -0.3 is 0 Å². The first-order valence-electron chi connectivity index (χ1n) is 4.51. The highest BCUT2D eigenvalue weighted by Gasteiger charge is 2.46. The number of hydrogen-bond acceptors (Lipinski definition) is 1. The zero-order valence-corrected chi connectivity index (χ0v) is 9.85. The third-order valence-corrected chi connectivity index (χ3v) is 4.59. The van der Waals surface area contributed by atoms with Crippen LogP contribution in [-0.2, 0) is 6.42 Å². The van der Waals surface area contributed by atoms with E-state index in [-0.39, 0.29) is 5.38 Å². The van der Waals surface area contributed by atoms with Crippen LogP contribution in [-0.4, -0.2) is 5.38 Å². The molecule has 13 heavy (non-hydrogen) atoms. The van der Waals surface area contributed by atoms with E-state index in [1.54, 1.807) is 11.3 Å². The highest BCUT2D eigenvalue weighted by Crippen LogP contribution is 2.53. The normalized spacial score (nSPS) is 21.5. The molecule has 1 aromatic rings. The summed E-state index contributed by atoms with van der Waals surface area (Å²) in [4.78, 5) is 1.37. The van der Waals surface area contributed by atoms with Gasteiger partial charge in [0.1, 0.15) is 0 Å². The molecular formula is C10H12Cl2S. The van der Waals surface area contributed by atoms with Crippen LogP contribution in [0.5, 0.6) is 0 Å². The summed E-state index contributed by atoms with van der Waals surface area (Å²) in [6.07, 6.45) is 3.65. The molecule has 2 rings (SSSR count). The lowest BCUT2D eigenvalue weighted by Crippen LogP contribution is -2.14.